The fourth-order valence-corrected chi connectivity index (χ4v) is 3.65. The van der Waals surface area contributed by atoms with Gasteiger partial charge in [-0.2, -0.15) is 11.8 Å². The van der Waals surface area contributed by atoms with Gasteiger partial charge in [0.05, 0.1) is 13.2 Å². The average molecular weight is 254 g/mol. The summed E-state index contributed by atoms with van der Waals surface area (Å²) < 4.78 is 5.31. The Labute approximate surface area is 106 Å². The van der Waals surface area contributed by atoms with E-state index in [4.69, 9.17) is 10.6 Å². The van der Waals surface area contributed by atoms with Crippen molar-refractivity contribution >= 4 is 11.8 Å². The summed E-state index contributed by atoms with van der Waals surface area (Å²) in [5, 5.41) is 0. The van der Waals surface area contributed by atoms with Gasteiger partial charge in [-0.05, 0) is 25.5 Å². The number of hydrogen-bond acceptors (Lipinski definition) is 6. The van der Waals surface area contributed by atoms with Gasteiger partial charge in [0, 0.05) is 17.1 Å². The Balaban J connectivity index is 2.34. The number of rotatable bonds is 4. The van der Waals surface area contributed by atoms with Crippen LogP contribution in [0, 0.1) is 0 Å². The third-order valence-electron chi connectivity index (χ3n) is 3.18. The second-order valence-corrected chi connectivity index (χ2v) is 5.94. The van der Waals surface area contributed by atoms with E-state index < -0.39 is 0 Å². The monoisotopic (exact) mass is 254 g/mol. The predicted molar refractivity (Wildman–Crippen MR) is 68.7 cm³/mol. The average Bonchev–Trinajstić information content (AvgIpc) is 2.78. The second kappa shape index (κ2) is 5.20. The number of methoxy groups -OCH3 is 1. The Morgan fingerprint density at radius 3 is 2.88 bits per heavy atom. The molecule has 1 aliphatic heterocycles. The van der Waals surface area contributed by atoms with Crippen molar-refractivity contribution < 1.29 is 4.74 Å². The Morgan fingerprint density at radius 1 is 1.53 bits per heavy atom. The molecule has 1 aromatic heterocycles. The topological polar surface area (TPSA) is 73.1 Å². The molecule has 2 atom stereocenters. The summed E-state index contributed by atoms with van der Waals surface area (Å²) in [7, 11) is 1.60. The summed E-state index contributed by atoms with van der Waals surface area (Å²) in [5.41, 5.74) is 3.66. The molecule has 2 unspecified atom stereocenters. The molecule has 0 spiro atoms. The molecule has 0 saturated carbocycles. The van der Waals surface area contributed by atoms with Crippen molar-refractivity contribution in [1.82, 2.24) is 15.4 Å². The molecule has 1 aliphatic rings. The minimum absolute atomic E-state index is 0.0429. The minimum Gasteiger partial charge on any atom is -0.480 e. The van der Waals surface area contributed by atoms with Crippen LogP contribution >= 0.6 is 11.8 Å². The van der Waals surface area contributed by atoms with Gasteiger partial charge in [0.25, 0.3) is 0 Å². The van der Waals surface area contributed by atoms with Gasteiger partial charge in [-0.3, -0.25) is 10.8 Å². The molecule has 6 heteroatoms. The second-order valence-electron chi connectivity index (χ2n) is 4.32. The number of nitrogens with zero attached hydrogens (tertiary/aromatic N) is 2. The van der Waals surface area contributed by atoms with Gasteiger partial charge >= 0.3 is 0 Å². The van der Waals surface area contributed by atoms with E-state index in [0.29, 0.717) is 5.88 Å². The lowest BCUT2D eigenvalue weighted by Gasteiger charge is -2.32. The van der Waals surface area contributed by atoms with Crippen molar-refractivity contribution in [3.05, 3.63) is 18.1 Å². The van der Waals surface area contributed by atoms with E-state index in [1.807, 2.05) is 11.8 Å². The number of thioether (sulfide) groups is 1. The summed E-state index contributed by atoms with van der Waals surface area (Å²) in [6.45, 7) is 2.21. The molecule has 1 aromatic rings. The van der Waals surface area contributed by atoms with Gasteiger partial charge in [0.15, 0.2) is 0 Å². The Bertz CT molecular complexity index is 381. The van der Waals surface area contributed by atoms with Gasteiger partial charge in [0.2, 0.25) is 5.88 Å². The third-order valence-corrected chi connectivity index (χ3v) is 4.78. The molecule has 0 aromatic carbocycles. The third kappa shape index (κ3) is 2.38. The molecule has 0 aliphatic carbocycles. The quantitative estimate of drug-likeness (QED) is 0.623. The first-order valence-electron chi connectivity index (χ1n) is 5.66. The molecule has 17 heavy (non-hydrogen) atoms. The molecule has 5 nitrogen and oxygen atoms in total. The van der Waals surface area contributed by atoms with Crippen molar-refractivity contribution in [2.45, 2.75) is 30.6 Å². The number of aromatic nitrogens is 2. The number of nitrogens with one attached hydrogen (secondary N) is 1. The molecule has 0 radical (unpaired) electrons. The summed E-state index contributed by atoms with van der Waals surface area (Å²) in [6, 6.07) is -0.0429. The number of hydrazine groups is 1. The largest absolute Gasteiger partial charge is 0.480 e. The van der Waals surface area contributed by atoms with Crippen LogP contribution in [-0.2, 0) is 0 Å². The normalized spacial score (nSPS) is 25.8. The molecular formula is C11H18N4OS. The van der Waals surface area contributed by atoms with Gasteiger partial charge < -0.3 is 4.74 Å². The van der Waals surface area contributed by atoms with Crippen LogP contribution in [0.3, 0.4) is 0 Å². The molecule has 0 bridgehead atoms. The molecule has 1 fully saturated rings. The zero-order valence-electron chi connectivity index (χ0n) is 10.1. The standard InChI is InChI=1S/C11H18N4OS/c1-11(4-3-7-17-11)9(15-12)8-10(16-2)14-6-5-13-8/h5-6,9,15H,3-4,7,12H2,1-2H3. The van der Waals surface area contributed by atoms with Crippen LogP contribution in [0.5, 0.6) is 5.88 Å². The SMILES string of the molecule is COc1nccnc1C(NN)C1(C)CCCS1. The lowest BCUT2D eigenvalue weighted by Crippen LogP contribution is -2.42. The fraction of sp³-hybridized carbons (Fsp3) is 0.636. The van der Waals surface area contributed by atoms with E-state index in [1.165, 1.54) is 6.42 Å². The van der Waals surface area contributed by atoms with Crippen molar-refractivity contribution in [3.8, 4) is 5.88 Å². The van der Waals surface area contributed by atoms with Crippen LogP contribution in [0.2, 0.25) is 0 Å². The number of ether oxygens (including phenoxy) is 1. The zero-order chi connectivity index (χ0) is 12.3. The summed E-state index contributed by atoms with van der Waals surface area (Å²) in [4.78, 5) is 8.55. The van der Waals surface area contributed by atoms with Crippen molar-refractivity contribution in [1.29, 1.82) is 0 Å². The first kappa shape index (κ1) is 12.6. The summed E-state index contributed by atoms with van der Waals surface area (Å²) in [6.07, 6.45) is 5.62. The van der Waals surface area contributed by atoms with E-state index in [9.17, 15) is 0 Å². The van der Waals surface area contributed by atoms with E-state index in [0.717, 1.165) is 17.9 Å². The first-order chi connectivity index (χ1) is 8.21. The minimum atomic E-state index is -0.0429. The van der Waals surface area contributed by atoms with Crippen molar-refractivity contribution in [2.24, 2.45) is 5.84 Å². The van der Waals surface area contributed by atoms with Gasteiger partial charge in [-0.15, -0.1) is 0 Å². The Hall–Kier alpha value is -0.850. The van der Waals surface area contributed by atoms with Crippen LogP contribution in [-0.4, -0.2) is 27.6 Å². The van der Waals surface area contributed by atoms with Crippen LogP contribution in [0.25, 0.3) is 0 Å². The molecule has 94 valence electrons. The molecule has 3 N–H and O–H groups in total. The van der Waals surface area contributed by atoms with Gasteiger partial charge in [0.1, 0.15) is 5.69 Å². The zero-order valence-corrected chi connectivity index (χ0v) is 11.0. The Morgan fingerprint density at radius 2 is 2.29 bits per heavy atom. The molecule has 2 heterocycles. The highest BCUT2D eigenvalue weighted by Gasteiger charge is 2.40. The van der Waals surface area contributed by atoms with Gasteiger partial charge in [-0.25, -0.2) is 10.4 Å². The highest BCUT2D eigenvalue weighted by atomic mass is 32.2. The lowest BCUT2D eigenvalue weighted by atomic mass is 9.94. The maximum absolute atomic E-state index is 5.71. The van der Waals surface area contributed by atoms with E-state index >= 15 is 0 Å². The van der Waals surface area contributed by atoms with Crippen LogP contribution in [0.4, 0.5) is 0 Å². The van der Waals surface area contributed by atoms with Crippen LogP contribution in [0.1, 0.15) is 31.5 Å². The predicted octanol–water partition coefficient (Wildman–Crippen LogP) is 1.28. The van der Waals surface area contributed by atoms with Crippen molar-refractivity contribution in [2.75, 3.05) is 12.9 Å². The van der Waals surface area contributed by atoms with E-state index in [-0.39, 0.29) is 10.8 Å². The van der Waals surface area contributed by atoms with Crippen LogP contribution in [0.15, 0.2) is 12.4 Å². The Kier molecular flexibility index (Phi) is 3.86. The molecule has 2 rings (SSSR count). The van der Waals surface area contributed by atoms with Gasteiger partial charge in [-0.1, -0.05) is 0 Å². The summed E-state index contributed by atoms with van der Waals surface area (Å²) in [5.74, 6) is 7.42. The van der Waals surface area contributed by atoms with Crippen molar-refractivity contribution in [3.63, 3.8) is 0 Å². The molecular weight excluding hydrogens is 236 g/mol. The lowest BCUT2D eigenvalue weighted by molar-refractivity contribution is 0.355. The van der Waals surface area contributed by atoms with Crippen LogP contribution < -0.4 is 16.0 Å². The first-order valence-corrected chi connectivity index (χ1v) is 6.65. The number of nitrogens with two attached hydrogens (primary N) is 1. The fourth-order valence-electron chi connectivity index (χ4n) is 2.26. The maximum atomic E-state index is 5.71. The molecule has 0 amide bonds. The maximum Gasteiger partial charge on any atom is 0.237 e. The molecule has 1 saturated heterocycles. The highest BCUT2D eigenvalue weighted by molar-refractivity contribution is 8.00. The highest BCUT2D eigenvalue weighted by Crippen LogP contribution is 2.46. The summed E-state index contributed by atoms with van der Waals surface area (Å²) >= 11 is 1.93. The van der Waals surface area contributed by atoms with E-state index in [2.05, 4.69) is 22.3 Å². The smallest absolute Gasteiger partial charge is 0.237 e. The number of hydrogen-bond donors (Lipinski definition) is 2. The van der Waals surface area contributed by atoms with E-state index in [1.54, 1.807) is 19.5 Å².